The fourth-order valence-corrected chi connectivity index (χ4v) is 3.80. The SMILES string of the molecule is COc1cccc(NC(=O)CN(C)C(=O)COC(=O)c2sc(NC(=O)c3ccco3)cc2C)c1. The van der Waals surface area contributed by atoms with Gasteiger partial charge in [0.15, 0.2) is 12.4 Å². The minimum absolute atomic E-state index is 0.138. The van der Waals surface area contributed by atoms with Crippen molar-refractivity contribution in [2.24, 2.45) is 0 Å². The van der Waals surface area contributed by atoms with Gasteiger partial charge in [0.05, 0.1) is 24.9 Å². The standard InChI is InChI=1S/C23H23N3O7S/c1-14-10-19(25-22(29)17-8-5-9-32-17)34-21(14)23(30)33-13-20(28)26(2)12-18(27)24-15-6-4-7-16(11-15)31-3/h4-11H,12-13H2,1-3H3,(H,24,27)(H,25,29). The smallest absolute Gasteiger partial charge is 0.349 e. The first kappa shape index (κ1) is 24.5. The number of anilines is 2. The number of carbonyl (C=O) groups excluding carboxylic acids is 4. The Labute approximate surface area is 199 Å². The minimum Gasteiger partial charge on any atom is -0.497 e. The third-order valence-electron chi connectivity index (χ3n) is 4.57. The number of esters is 1. The molecule has 2 heterocycles. The number of carbonyl (C=O) groups is 4. The molecule has 0 spiro atoms. The number of likely N-dealkylation sites (N-methyl/N-ethyl adjacent to an activating group) is 1. The highest BCUT2D eigenvalue weighted by Crippen LogP contribution is 2.28. The van der Waals surface area contributed by atoms with E-state index < -0.39 is 30.3 Å². The summed E-state index contributed by atoms with van der Waals surface area (Å²) in [7, 11) is 2.95. The lowest BCUT2D eigenvalue weighted by atomic mass is 10.3. The second kappa shape index (κ2) is 11.1. The summed E-state index contributed by atoms with van der Waals surface area (Å²) in [5, 5.41) is 5.75. The normalized spacial score (nSPS) is 10.3. The molecular formula is C23H23N3O7S. The lowest BCUT2D eigenvalue weighted by Gasteiger charge is -2.17. The highest BCUT2D eigenvalue weighted by atomic mass is 32.1. The van der Waals surface area contributed by atoms with Gasteiger partial charge in [-0.1, -0.05) is 6.07 Å². The quantitative estimate of drug-likeness (QED) is 0.446. The number of nitrogens with zero attached hydrogens (tertiary/aromatic N) is 1. The summed E-state index contributed by atoms with van der Waals surface area (Å²) in [6.45, 7) is 0.925. The van der Waals surface area contributed by atoms with Gasteiger partial charge >= 0.3 is 5.97 Å². The molecule has 0 fully saturated rings. The van der Waals surface area contributed by atoms with Crippen molar-refractivity contribution in [3.63, 3.8) is 0 Å². The molecule has 2 N–H and O–H groups in total. The maximum absolute atomic E-state index is 12.4. The Bertz CT molecular complexity index is 1190. The van der Waals surface area contributed by atoms with E-state index in [1.165, 1.54) is 26.5 Å². The highest BCUT2D eigenvalue weighted by molar-refractivity contribution is 7.18. The van der Waals surface area contributed by atoms with Gasteiger partial charge in [-0.25, -0.2) is 4.79 Å². The second-order valence-corrected chi connectivity index (χ2v) is 8.21. The van der Waals surface area contributed by atoms with Gasteiger partial charge in [-0.3, -0.25) is 14.4 Å². The summed E-state index contributed by atoms with van der Waals surface area (Å²) in [5.41, 5.74) is 1.11. The van der Waals surface area contributed by atoms with Gasteiger partial charge in [0, 0.05) is 18.8 Å². The average molecular weight is 486 g/mol. The minimum atomic E-state index is -0.705. The van der Waals surface area contributed by atoms with Crippen LogP contribution >= 0.6 is 11.3 Å². The molecule has 34 heavy (non-hydrogen) atoms. The molecule has 10 nitrogen and oxygen atoms in total. The third-order valence-corrected chi connectivity index (χ3v) is 5.70. The zero-order chi connectivity index (χ0) is 24.7. The zero-order valence-corrected chi connectivity index (χ0v) is 19.6. The Morgan fingerprint density at radius 2 is 1.88 bits per heavy atom. The largest absolute Gasteiger partial charge is 0.497 e. The van der Waals surface area contributed by atoms with Crippen molar-refractivity contribution in [1.29, 1.82) is 0 Å². The summed E-state index contributed by atoms with van der Waals surface area (Å²) >= 11 is 1.02. The van der Waals surface area contributed by atoms with Crippen molar-refractivity contribution in [3.05, 3.63) is 64.9 Å². The molecule has 0 aliphatic rings. The molecule has 3 amide bonds. The molecule has 0 saturated heterocycles. The van der Waals surface area contributed by atoms with Crippen LogP contribution in [0.1, 0.15) is 25.8 Å². The topological polar surface area (TPSA) is 127 Å². The van der Waals surface area contributed by atoms with Gasteiger partial charge in [0.25, 0.3) is 11.8 Å². The van der Waals surface area contributed by atoms with Gasteiger partial charge in [0.2, 0.25) is 5.91 Å². The lowest BCUT2D eigenvalue weighted by Crippen LogP contribution is -2.37. The molecule has 178 valence electrons. The van der Waals surface area contributed by atoms with Crippen LogP contribution in [0.25, 0.3) is 0 Å². The van der Waals surface area contributed by atoms with Crippen molar-refractivity contribution in [2.75, 3.05) is 37.9 Å². The average Bonchev–Trinajstić information content (AvgIpc) is 3.47. The molecule has 0 atom stereocenters. The van der Waals surface area contributed by atoms with E-state index in [1.54, 1.807) is 43.3 Å². The first-order valence-electron chi connectivity index (χ1n) is 10.1. The molecule has 3 rings (SSSR count). The Hall–Kier alpha value is -4.12. The molecule has 0 aliphatic heterocycles. The number of methoxy groups -OCH3 is 1. The fraction of sp³-hybridized carbons (Fsp3) is 0.217. The Kier molecular flexibility index (Phi) is 8.04. The van der Waals surface area contributed by atoms with Crippen molar-refractivity contribution in [1.82, 2.24) is 4.90 Å². The van der Waals surface area contributed by atoms with E-state index in [4.69, 9.17) is 13.9 Å². The number of thiophene rings is 1. The number of ether oxygens (including phenoxy) is 2. The van der Waals surface area contributed by atoms with Crippen LogP contribution in [0.5, 0.6) is 5.75 Å². The fourth-order valence-electron chi connectivity index (χ4n) is 2.84. The summed E-state index contributed by atoms with van der Waals surface area (Å²) in [4.78, 5) is 50.5. The first-order chi connectivity index (χ1) is 16.3. The zero-order valence-electron chi connectivity index (χ0n) is 18.7. The number of amides is 3. The molecule has 0 bridgehead atoms. The van der Waals surface area contributed by atoms with Gasteiger partial charge in [-0.15, -0.1) is 11.3 Å². The molecule has 11 heteroatoms. The Morgan fingerprint density at radius 3 is 2.59 bits per heavy atom. The molecule has 0 aliphatic carbocycles. The maximum atomic E-state index is 12.4. The number of benzene rings is 1. The number of hydrogen-bond donors (Lipinski definition) is 2. The van der Waals surface area contributed by atoms with Gasteiger partial charge in [0.1, 0.15) is 10.6 Å². The predicted octanol–water partition coefficient (Wildman–Crippen LogP) is 3.16. The second-order valence-electron chi connectivity index (χ2n) is 7.16. The predicted molar refractivity (Wildman–Crippen MR) is 125 cm³/mol. The van der Waals surface area contributed by atoms with Crippen molar-refractivity contribution in [2.45, 2.75) is 6.92 Å². The highest BCUT2D eigenvalue weighted by Gasteiger charge is 2.20. The van der Waals surface area contributed by atoms with Gasteiger partial charge in [-0.05, 0) is 42.8 Å². The lowest BCUT2D eigenvalue weighted by molar-refractivity contribution is -0.136. The van der Waals surface area contributed by atoms with E-state index in [-0.39, 0.29) is 17.2 Å². The van der Waals surface area contributed by atoms with Gasteiger partial charge < -0.3 is 29.4 Å². The van der Waals surface area contributed by atoms with E-state index in [1.807, 2.05) is 0 Å². The van der Waals surface area contributed by atoms with Crippen LogP contribution in [-0.4, -0.2) is 55.9 Å². The van der Waals surface area contributed by atoms with Crippen LogP contribution in [-0.2, 0) is 14.3 Å². The van der Waals surface area contributed by atoms with Crippen LogP contribution in [0, 0.1) is 6.92 Å². The van der Waals surface area contributed by atoms with Crippen LogP contribution in [0.3, 0.4) is 0 Å². The summed E-state index contributed by atoms with van der Waals surface area (Å²) < 4.78 is 15.3. The molecule has 0 radical (unpaired) electrons. The van der Waals surface area contributed by atoms with E-state index in [9.17, 15) is 19.2 Å². The monoisotopic (exact) mass is 485 g/mol. The number of rotatable bonds is 9. The number of aryl methyl sites for hydroxylation is 1. The van der Waals surface area contributed by atoms with Crippen LogP contribution in [0.15, 0.2) is 53.1 Å². The molecule has 2 aromatic heterocycles. The van der Waals surface area contributed by atoms with E-state index >= 15 is 0 Å². The van der Waals surface area contributed by atoms with Crippen LogP contribution in [0.2, 0.25) is 0 Å². The number of nitrogens with one attached hydrogen (secondary N) is 2. The van der Waals surface area contributed by atoms with Crippen LogP contribution < -0.4 is 15.4 Å². The maximum Gasteiger partial charge on any atom is 0.349 e. The van der Waals surface area contributed by atoms with E-state index in [2.05, 4.69) is 10.6 Å². The van der Waals surface area contributed by atoms with E-state index in [0.717, 1.165) is 16.2 Å². The van der Waals surface area contributed by atoms with Gasteiger partial charge in [-0.2, -0.15) is 0 Å². The molecule has 1 aromatic carbocycles. The number of furan rings is 1. The van der Waals surface area contributed by atoms with Crippen LogP contribution in [0.4, 0.5) is 10.7 Å². The molecule has 0 unspecified atom stereocenters. The molecule has 3 aromatic rings. The van der Waals surface area contributed by atoms with E-state index in [0.29, 0.717) is 22.0 Å². The summed E-state index contributed by atoms with van der Waals surface area (Å²) in [5.74, 6) is -1.39. The molecule has 0 saturated carbocycles. The third kappa shape index (κ3) is 6.45. The Morgan fingerprint density at radius 1 is 1.09 bits per heavy atom. The van der Waals surface area contributed by atoms with Crippen molar-refractivity contribution >= 4 is 45.7 Å². The number of hydrogen-bond acceptors (Lipinski definition) is 8. The Balaban J connectivity index is 1.49. The van der Waals surface area contributed by atoms with Crippen molar-refractivity contribution < 1.29 is 33.1 Å². The summed E-state index contributed by atoms with van der Waals surface area (Å²) in [6.07, 6.45) is 1.38. The first-order valence-corrected chi connectivity index (χ1v) is 10.9. The molecular weight excluding hydrogens is 462 g/mol. The summed E-state index contributed by atoms with van der Waals surface area (Å²) in [6, 6.07) is 11.5. The van der Waals surface area contributed by atoms with Crippen molar-refractivity contribution in [3.8, 4) is 5.75 Å².